The van der Waals surface area contributed by atoms with E-state index in [-0.39, 0.29) is 11.5 Å². The number of nitrogens with zero attached hydrogens (tertiary/aromatic N) is 1. The summed E-state index contributed by atoms with van der Waals surface area (Å²) in [5, 5.41) is 10.6. The van der Waals surface area contributed by atoms with Crippen LogP contribution >= 0.6 is 0 Å². The van der Waals surface area contributed by atoms with Gasteiger partial charge >= 0.3 is 11.9 Å². The van der Waals surface area contributed by atoms with Gasteiger partial charge in [-0.15, -0.1) is 0 Å². The summed E-state index contributed by atoms with van der Waals surface area (Å²) in [7, 11) is 0. The molecule has 0 saturated carbocycles. The summed E-state index contributed by atoms with van der Waals surface area (Å²) in [6, 6.07) is 2.97. The van der Waals surface area contributed by atoms with Gasteiger partial charge in [0.25, 0.3) is 0 Å². The molecule has 2 aromatic rings. The largest absolute Gasteiger partial charge is 0.504 e. The number of esters is 1. The highest BCUT2D eigenvalue weighted by molar-refractivity contribution is 5.99. The molecule has 1 aromatic heterocycles. The van der Waals surface area contributed by atoms with Crippen molar-refractivity contribution in [1.82, 2.24) is 4.73 Å². The highest BCUT2D eigenvalue weighted by atomic mass is 16.7. The number of aromatic hydroxyl groups is 1. The van der Waals surface area contributed by atoms with Gasteiger partial charge in [0.05, 0.1) is 16.6 Å². The van der Waals surface area contributed by atoms with Crippen molar-refractivity contribution < 1.29 is 24.3 Å². The van der Waals surface area contributed by atoms with Gasteiger partial charge in [0.2, 0.25) is 0 Å². The molecule has 0 fully saturated rings. The third kappa shape index (κ3) is 2.11. The summed E-state index contributed by atoms with van der Waals surface area (Å²) in [6.45, 7) is 2.12. The number of carbonyl (C=O) groups excluding carboxylic acids is 2. The summed E-state index contributed by atoms with van der Waals surface area (Å²) in [6.07, 6.45) is 2.40. The van der Waals surface area contributed by atoms with Crippen LogP contribution in [0.2, 0.25) is 0 Å². The number of phenolic OH excluding ortho intramolecular Hbond substituents is 1. The quantitative estimate of drug-likeness (QED) is 0.621. The Balaban J connectivity index is 2.40. The number of phenols is 1. The van der Waals surface area contributed by atoms with Crippen LogP contribution in [0, 0.1) is 6.92 Å². The second-order valence-corrected chi connectivity index (χ2v) is 4.87. The van der Waals surface area contributed by atoms with Crippen LogP contribution in [0.5, 0.6) is 11.5 Å². The zero-order chi connectivity index (χ0) is 15.9. The van der Waals surface area contributed by atoms with E-state index >= 15 is 0 Å². The Kier molecular flexibility index (Phi) is 3.34. The minimum absolute atomic E-state index is 0.0374. The lowest BCUT2D eigenvalue weighted by Gasteiger charge is -2.10. The van der Waals surface area contributed by atoms with Gasteiger partial charge in [0.15, 0.2) is 11.5 Å². The summed E-state index contributed by atoms with van der Waals surface area (Å²) in [5.74, 6) is -1.61. The van der Waals surface area contributed by atoms with Crippen molar-refractivity contribution in [2.45, 2.75) is 13.3 Å². The van der Waals surface area contributed by atoms with Crippen LogP contribution in [-0.4, -0.2) is 28.3 Å². The fraction of sp³-hybridized carbons (Fsp3) is 0.200. The van der Waals surface area contributed by atoms with Crippen molar-refractivity contribution in [3.63, 3.8) is 0 Å². The Bertz CT molecular complexity index is 819. The second kappa shape index (κ2) is 5.19. The fourth-order valence-corrected chi connectivity index (χ4v) is 2.57. The molecule has 114 valence electrons. The number of rotatable bonds is 2. The maximum Gasteiger partial charge on any atom is 0.356 e. The lowest BCUT2D eigenvalue weighted by atomic mass is 10.1. The summed E-state index contributed by atoms with van der Waals surface area (Å²) >= 11 is 0. The number of hydrogen-bond acceptors (Lipinski definition) is 6. The van der Waals surface area contributed by atoms with Crippen LogP contribution in [0.25, 0.3) is 10.9 Å². The first kappa shape index (κ1) is 14.2. The first-order chi connectivity index (χ1) is 10.5. The monoisotopic (exact) mass is 302 g/mol. The van der Waals surface area contributed by atoms with Gasteiger partial charge in [0, 0.05) is 12.2 Å². The number of carbonyl (C=O) groups is 2. The van der Waals surface area contributed by atoms with Crippen LogP contribution in [-0.2, 0) is 16.0 Å². The van der Waals surface area contributed by atoms with Gasteiger partial charge in [-0.05, 0) is 37.6 Å². The van der Waals surface area contributed by atoms with E-state index < -0.39 is 11.9 Å². The molecule has 1 aliphatic rings. The molecule has 2 heterocycles. The summed E-state index contributed by atoms with van der Waals surface area (Å²) < 4.78 is 6.55. The normalized spacial score (nSPS) is 15.7. The number of aromatic nitrogens is 1. The van der Waals surface area contributed by atoms with E-state index in [1.54, 1.807) is 13.0 Å². The van der Waals surface area contributed by atoms with E-state index in [2.05, 4.69) is 0 Å². The molecular weight excluding hydrogens is 288 g/mol. The smallest absolute Gasteiger partial charge is 0.356 e. The Morgan fingerprint density at radius 1 is 1.23 bits per heavy atom. The van der Waals surface area contributed by atoms with Crippen molar-refractivity contribution in [1.29, 1.82) is 0 Å². The average Bonchev–Trinajstić information content (AvgIpc) is 2.73. The van der Waals surface area contributed by atoms with Gasteiger partial charge in [-0.1, -0.05) is 0 Å². The lowest BCUT2D eigenvalue weighted by Crippen LogP contribution is -2.20. The van der Waals surface area contributed by atoms with Crippen molar-refractivity contribution in [3.8, 4) is 11.5 Å². The molecule has 1 aromatic carbocycles. The number of hydrogen-bond donors (Lipinski definition) is 2. The highest BCUT2D eigenvalue weighted by Gasteiger charge is 2.24. The van der Waals surface area contributed by atoms with E-state index in [4.69, 9.17) is 15.3 Å². The Morgan fingerprint density at radius 3 is 2.68 bits per heavy atom. The first-order valence-corrected chi connectivity index (χ1v) is 6.71. The molecule has 0 atom stereocenters. The molecule has 0 unspecified atom stereocenters. The third-order valence-electron chi connectivity index (χ3n) is 3.51. The van der Waals surface area contributed by atoms with Crippen LogP contribution in [0.15, 0.2) is 24.3 Å². The maximum atomic E-state index is 11.8. The van der Waals surface area contributed by atoms with Crippen LogP contribution in [0.1, 0.15) is 11.3 Å². The molecular formula is C15H14N2O5. The van der Waals surface area contributed by atoms with Crippen molar-refractivity contribution >= 4 is 22.8 Å². The van der Waals surface area contributed by atoms with Gasteiger partial charge in [0.1, 0.15) is 0 Å². The molecule has 7 nitrogen and oxygen atoms in total. The van der Waals surface area contributed by atoms with Crippen LogP contribution in [0.3, 0.4) is 0 Å². The molecule has 0 saturated heterocycles. The fourth-order valence-electron chi connectivity index (χ4n) is 2.57. The number of nitrogens with two attached hydrogens (primary N) is 1. The van der Waals surface area contributed by atoms with E-state index in [1.807, 2.05) is 0 Å². The average molecular weight is 302 g/mol. The van der Waals surface area contributed by atoms with Crippen molar-refractivity contribution in [2.24, 2.45) is 5.73 Å². The number of ether oxygens (including phenoxy) is 1. The van der Waals surface area contributed by atoms with Crippen molar-refractivity contribution in [2.75, 3.05) is 6.54 Å². The molecule has 3 N–H and O–H groups in total. The molecule has 0 spiro atoms. The van der Waals surface area contributed by atoms with Crippen LogP contribution < -0.4 is 15.3 Å². The Hall–Kier alpha value is -2.80. The molecule has 0 amide bonds. The molecule has 4 bridgehead atoms. The van der Waals surface area contributed by atoms with E-state index in [0.29, 0.717) is 29.6 Å². The predicted octanol–water partition coefficient (Wildman–Crippen LogP) is 0.587. The molecule has 7 heteroatoms. The predicted molar refractivity (Wildman–Crippen MR) is 77.5 cm³/mol. The number of benzene rings is 1. The Morgan fingerprint density at radius 2 is 1.95 bits per heavy atom. The van der Waals surface area contributed by atoms with Gasteiger partial charge < -0.3 is 20.4 Å². The molecule has 0 aliphatic carbocycles. The van der Waals surface area contributed by atoms with E-state index in [0.717, 1.165) is 17.7 Å². The zero-order valence-corrected chi connectivity index (χ0v) is 11.8. The van der Waals surface area contributed by atoms with E-state index in [1.165, 1.54) is 10.8 Å². The minimum Gasteiger partial charge on any atom is -0.504 e. The Labute approximate surface area is 125 Å². The van der Waals surface area contributed by atoms with Crippen LogP contribution in [0.4, 0.5) is 0 Å². The third-order valence-corrected chi connectivity index (χ3v) is 3.51. The molecule has 22 heavy (non-hydrogen) atoms. The van der Waals surface area contributed by atoms with Gasteiger partial charge in [-0.2, -0.15) is 4.73 Å². The standard InChI is InChI=1S/C15H14N2O5/c1-8-9(6-7-16)14-10-2-3-11(18)15(14)21-12(19)4-5-13(20)22-17(8)10/h2-5,18H,6-7,16H2,1H3/b5-4-. The zero-order valence-electron chi connectivity index (χ0n) is 11.8. The lowest BCUT2D eigenvalue weighted by molar-refractivity contribution is -0.138. The molecule has 3 rings (SSSR count). The summed E-state index contributed by atoms with van der Waals surface area (Å²) in [4.78, 5) is 28.8. The summed E-state index contributed by atoms with van der Waals surface area (Å²) in [5.41, 5.74) is 7.57. The second-order valence-electron chi connectivity index (χ2n) is 4.87. The van der Waals surface area contributed by atoms with Crippen molar-refractivity contribution in [3.05, 3.63) is 35.5 Å². The van der Waals surface area contributed by atoms with E-state index in [9.17, 15) is 14.7 Å². The van der Waals surface area contributed by atoms with Gasteiger partial charge in [-0.25, -0.2) is 9.59 Å². The topological polar surface area (TPSA) is 104 Å². The van der Waals surface area contributed by atoms with Gasteiger partial charge in [-0.3, -0.25) is 0 Å². The maximum absolute atomic E-state index is 11.8. The highest BCUT2D eigenvalue weighted by Crippen LogP contribution is 2.40. The molecule has 1 aliphatic heterocycles. The SMILES string of the molecule is Cc1c(CCN)c2c3c(O)ccc2n1OC(=O)/C=C\C(=O)O3. The minimum atomic E-state index is -0.772. The molecule has 0 radical (unpaired) electrons. The first-order valence-electron chi connectivity index (χ1n) is 6.71.